The number of unbranched alkanes of at least 4 members (excludes halogenated alkanes) is 2. The molecular formula is C49H56ClN7O11S2. The number of amides is 4. The number of ether oxygens (including phenoxy) is 1. The van der Waals surface area contributed by atoms with Gasteiger partial charge < -0.3 is 40.7 Å². The monoisotopic (exact) mass is 1020 g/mol. The van der Waals surface area contributed by atoms with E-state index < -0.39 is 40.5 Å². The van der Waals surface area contributed by atoms with Gasteiger partial charge in [0.05, 0.1) is 10.6 Å². The fourth-order valence-corrected chi connectivity index (χ4v) is 12.5. The Morgan fingerprint density at radius 3 is 2.30 bits per heavy atom. The van der Waals surface area contributed by atoms with Crippen molar-refractivity contribution >= 4 is 85.6 Å². The van der Waals surface area contributed by atoms with Gasteiger partial charge in [0.2, 0.25) is 27.7 Å². The summed E-state index contributed by atoms with van der Waals surface area (Å²) in [4.78, 5) is 77.5. The molecule has 0 saturated carbocycles. The number of nitrogens with one attached hydrogen (secondary N) is 4. The van der Waals surface area contributed by atoms with Crippen molar-refractivity contribution in [2.75, 3.05) is 55.3 Å². The molecule has 1 atom stereocenters. The second-order valence-corrected chi connectivity index (χ2v) is 21.5. The van der Waals surface area contributed by atoms with Gasteiger partial charge in [-0.3, -0.25) is 24.5 Å². The summed E-state index contributed by atoms with van der Waals surface area (Å²) < 4.78 is 33.8. The van der Waals surface area contributed by atoms with Gasteiger partial charge >= 0.3 is 11.9 Å². The topological polar surface area (TPSA) is 244 Å². The van der Waals surface area contributed by atoms with E-state index in [2.05, 4.69) is 26.2 Å². The van der Waals surface area contributed by atoms with Crippen LogP contribution in [-0.4, -0.2) is 126 Å². The number of hydrogen-bond donors (Lipinski definition) is 6. The molecule has 3 fully saturated rings. The Balaban J connectivity index is 0.725. The highest BCUT2D eigenvalue weighted by atomic mass is 35.5. The van der Waals surface area contributed by atoms with Crippen LogP contribution in [0.5, 0.6) is 5.75 Å². The second kappa shape index (κ2) is 22.4. The molecular weight excluding hydrogens is 962 g/mol. The molecule has 4 aliphatic heterocycles. The van der Waals surface area contributed by atoms with Crippen LogP contribution in [0.2, 0.25) is 5.02 Å². The van der Waals surface area contributed by atoms with E-state index in [1.54, 1.807) is 53.4 Å². The number of anilines is 3. The van der Waals surface area contributed by atoms with Crippen LogP contribution in [0.3, 0.4) is 0 Å². The maximum Gasteiger partial charge on any atom is 0.349 e. The van der Waals surface area contributed by atoms with Crippen LogP contribution >= 0.6 is 22.9 Å². The molecule has 5 heterocycles. The number of imide groups is 1. The number of carboxylic acids is 2. The van der Waals surface area contributed by atoms with Crippen LogP contribution in [0.15, 0.2) is 66.7 Å². The first-order valence-corrected chi connectivity index (χ1v) is 26.3. The summed E-state index contributed by atoms with van der Waals surface area (Å²) >= 11 is 7.37. The number of benzene rings is 3. The van der Waals surface area contributed by atoms with Crippen molar-refractivity contribution in [3.05, 3.63) is 93.3 Å². The minimum atomic E-state index is -3.66. The van der Waals surface area contributed by atoms with Gasteiger partial charge in [-0.2, -0.15) is 0 Å². The molecule has 0 spiro atoms. The molecule has 4 aromatic rings. The van der Waals surface area contributed by atoms with Gasteiger partial charge in [0.25, 0.3) is 5.91 Å². The second-order valence-electron chi connectivity index (χ2n) is 18.1. The first-order valence-electron chi connectivity index (χ1n) is 23.5. The average Bonchev–Trinajstić information content (AvgIpc) is 3.85. The zero-order valence-electron chi connectivity index (χ0n) is 38.4. The zero-order chi connectivity index (χ0) is 49.5. The number of thiophene rings is 1. The van der Waals surface area contributed by atoms with Crippen molar-refractivity contribution in [1.29, 1.82) is 0 Å². The van der Waals surface area contributed by atoms with E-state index in [1.807, 2.05) is 18.2 Å². The molecule has 372 valence electrons. The number of carboxylic acid groups (broad SMARTS) is 2. The zero-order valence-corrected chi connectivity index (χ0v) is 40.8. The maximum absolute atomic E-state index is 13.6. The molecule has 0 bridgehead atoms. The summed E-state index contributed by atoms with van der Waals surface area (Å²) in [7, 11) is -3.66. The van der Waals surface area contributed by atoms with Gasteiger partial charge in [0, 0.05) is 85.8 Å². The van der Waals surface area contributed by atoms with Crippen molar-refractivity contribution in [1.82, 2.24) is 19.4 Å². The van der Waals surface area contributed by atoms with E-state index in [0.717, 1.165) is 80.0 Å². The van der Waals surface area contributed by atoms with Gasteiger partial charge in [-0.15, -0.1) is 11.3 Å². The summed E-state index contributed by atoms with van der Waals surface area (Å²) in [5, 5.41) is 31.1. The number of fused-ring (bicyclic) bond motifs is 1. The predicted molar refractivity (Wildman–Crippen MR) is 265 cm³/mol. The molecule has 70 heavy (non-hydrogen) atoms. The molecule has 4 amide bonds. The minimum Gasteiger partial charge on any atom is -0.479 e. The highest BCUT2D eigenvalue weighted by molar-refractivity contribution is 7.88. The van der Waals surface area contributed by atoms with E-state index in [-0.39, 0.29) is 57.6 Å². The highest BCUT2D eigenvalue weighted by Gasteiger charge is 2.40. The number of piperidine rings is 3. The number of nitrogens with zero attached hydrogens (tertiary/aromatic N) is 3. The van der Waals surface area contributed by atoms with Gasteiger partial charge in [-0.1, -0.05) is 48.4 Å². The Hall–Kier alpha value is -6.06. The summed E-state index contributed by atoms with van der Waals surface area (Å²) in [5.41, 5.74) is 4.85. The molecule has 18 nitrogen and oxygen atoms in total. The lowest BCUT2D eigenvalue weighted by atomic mass is 10.0. The summed E-state index contributed by atoms with van der Waals surface area (Å²) in [5.74, 6) is -4.00. The molecule has 1 aromatic heterocycles. The molecule has 3 aromatic carbocycles. The number of hydrogen-bond acceptors (Lipinski definition) is 13. The van der Waals surface area contributed by atoms with Crippen LogP contribution in [0.1, 0.15) is 95.4 Å². The number of likely N-dealkylation sites (tertiary alicyclic amines) is 1. The van der Waals surface area contributed by atoms with Gasteiger partial charge in [0.15, 0.2) is 17.2 Å². The van der Waals surface area contributed by atoms with Crippen molar-refractivity contribution in [3.8, 4) is 16.2 Å². The number of aliphatic carboxylic acids is 1. The number of carbonyl (C=O) groups excluding carboxylic acids is 4. The van der Waals surface area contributed by atoms with Crippen molar-refractivity contribution in [2.24, 2.45) is 0 Å². The minimum absolute atomic E-state index is 0.00797. The van der Waals surface area contributed by atoms with Crippen molar-refractivity contribution in [3.63, 3.8) is 0 Å². The van der Waals surface area contributed by atoms with E-state index >= 15 is 0 Å². The van der Waals surface area contributed by atoms with Crippen LogP contribution in [0.25, 0.3) is 10.4 Å². The molecule has 8 rings (SSSR count). The fourth-order valence-electron chi connectivity index (χ4n) is 9.55. The number of halogens is 1. The van der Waals surface area contributed by atoms with E-state index in [4.69, 9.17) is 21.4 Å². The smallest absolute Gasteiger partial charge is 0.349 e. The molecule has 3 saturated heterocycles. The first-order chi connectivity index (χ1) is 33.6. The lowest BCUT2D eigenvalue weighted by Gasteiger charge is -2.33. The summed E-state index contributed by atoms with van der Waals surface area (Å²) in [6, 6.07) is 19.3. The van der Waals surface area contributed by atoms with Crippen LogP contribution in [0, 0.1) is 0 Å². The van der Waals surface area contributed by atoms with Gasteiger partial charge in [-0.05, 0) is 99.0 Å². The molecule has 4 aliphatic rings. The Morgan fingerprint density at radius 2 is 1.56 bits per heavy atom. The lowest BCUT2D eigenvalue weighted by Crippen LogP contribution is -2.52. The van der Waals surface area contributed by atoms with Crippen molar-refractivity contribution in [2.45, 2.75) is 94.6 Å². The quantitative estimate of drug-likeness (QED) is 0.0411. The number of sulfonamides is 1. The van der Waals surface area contributed by atoms with Gasteiger partial charge in [0.1, 0.15) is 11.1 Å². The van der Waals surface area contributed by atoms with E-state index in [0.29, 0.717) is 72.6 Å². The Bertz CT molecular complexity index is 2750. The van der Waals surface area contributed by atoms with Crippen LogP contribution in [-0.2, 0) is 41.5 Å². The Morgan fingerprint density at radius 1 is 0.843 bits per heavy atom. The highest BCUT2D eigenvalue weighted by Crippen LogP contribution is 2.46. The largest absolute Gasteiger partial charge is 0.479 e. The third-order valence-corrected chi connectivity index (χ3v) is 16.7. The first kappa shape index (κ1) is 50.3. The van der Waals surface area contributed by atoms with E-state index in [9.17, 15) is 42.3 Å². The molecule has 0 radical (unpaired) electrons. The lowest BCUT2D eigenvalue weighted by molar-refractivity contribution is -0.139. The van der Waals surface area contributed by atoms with Crippen LogP contribution < -0.4 is 26.0 Å². The SMILES string of the molecule is O=C(O)COc1c(C(=O)O)sc(-c2cccc(NC3CCN(S(=O)(=O)Cc4cccc(NC(=O)CCCCCN5CCC(Nc6cccc7c6CN(C6CCC(=O)NC6=O)C7=O)CC5)c4)CC3)c2)c1Cl. The average molecular weight is 1020 g/mol. The number of aromatic carboxylic acids is 1. The van der Waals surface area contributed by atoms with E-state index in [1.165, 1.54) is 4.31 Å². The fraction of sp³-hybridized carbons (Fsp3) is 0.429. The third-order valence-electron chi connectivity index (χ3n) is 13.2. The molecule has 1 unspecified atom stereocenters. The molecule has 0 aliphatic carbocycles. The number of rotatable bonds is 20. The Kier molecular flexibility index (Phi) is 16.1. The Labute approximate surface area is 414 Å². The normalized spacial score (nSPS) is 18.3. The summed E-state index contributed by atoms with van der Waals surface area (Å²) in [6.45, 7) is 3.00. The molecule has 6 N–H and O–H groups in total. The van der Waals surface area contributed by atoms with Gasteiger partial charge in [-0.25, -0.2) is 22.3 Å². The molecule has 21 heteroatoms. The maximum atomic E-state index is 13.6. The predicted octanol–water partition coefficient (Wildman–Crippen LogP) is 6.47. The van der Waals surface area contributed by atoms with Crippen LogP contribution in [0.4, 0.5) is 17.1 Å². The standard InChI is InChI=1S/C49H56ClN7O11S2/c50-43-44(68-28-42(60)61)46(49(64)65)69-45(43)31-8-5-10-35(26-31)51-32-18-23-56(24-19-32)70(66,67)29-30-7-4-9-34(25-30)53-40(58)13-2-1-3-20-55-21-16-33(17-22-55)52-38-12-6-11-36-37(38)27-57(48(36)63)39-14-15-41(59)54-47(39)62/h4-12,25-26,32-33,39,51-52H,1-3,13-24,27-29H2,(H,53,58)(H,60,61)(H,64,65)(H,54,59,62). The summed E-state index contributed by atoms with van der Waals surface area (Å²) in [6.07, 6.45) is 6.45. The third kappa shape index (κ3) is 12.3. The van der Waals surface area contributed by atoms with Crippen molar-refractivity contribution < 1.29 is 52.1 Å². The number of carbonyl (C=O) groups is 6.